The molecule has 5 nitrogen and oxygen atoms in total. The van der Waals surface area contributed by atoms with Gasteiger partial charge in [0, 0.05) is 25.3 Å². The van der Waals surface area contributed by atoms with Gasteiger partial charge in [-0.25, -0.2) is 8.42 Å². The number of rotatable bonds is 4. The van der Waals surface area contributed by atoms with Crippen molar-refractivity contribution >= 4 is 27.3 Å². The van der Waals surface area contributed by atoms with E-state index in [9.17, 15) is 13.2 Å². The van der Waals surface area contributed by atoms with Gasteiger partial charge in [-0.1, -0.05) is 0 Å². The molecule has 0 saturated heterocycles. The van der Waals surface area contributed by atoms with Gasteiger partial charge in [-0.3, -0.25) is 9.52 Å². The first kappa shape index (κ1) is 13.5. The summed E-state index contributed by atoms with van der Waals surface area (Å²) in [5.41, 5.74) is 1.21. The molecular weight excluding hydrogens is 240 g/mol. The van der Waals surface area contributed by atoms with Crippen molar-refractivity contribution in [3.8, 4) is 0 Å². The lowest BCUT2D eigenvalue weighted by Crippen LogP contribution is -2.22. The largest absolute Gasteiger partial charge is 0.316 e. The Bertz CT molecular complexity index is 494. The fourth-order valence-corrected chi connectivity index (χ4v) is 1.83. The third-order valence-corrected chi connectivity index (χ3v) is 3.69. The number of hydrogen-bond acceptors (Lipinski definition) is 3. The number of nitrogens with one attached hydrogen (secondary N) is 1. The smallest absolute Gasteiger partial charge is 0.232 e. The van der Waals surface area contributed by atoms with Gasteiger partial charge in [-0.15, -0.1) is 0 Å². The Labute approximate surface area is 101 Å². The molecule has 0 bridgehead atoms. The van der Waals surface area contributed by atoms with E-state index < -0.39 is 10.0 Å². The maximum absolute atomic E-state index is 11.3. The van der Waals surface area contributed by atoms with Gasteiger partial charge in [0.1, 0.15) is 0 Å². The second-order valence-corrected chi connectivity index (χ2v) is 5.64. The van der Waals surface area contributed by atoms with Crippen molar-refractivity contribution in [2.75, 3.05) is 22.4 Å². The number of carbonyl (C=O) groups is 1. The summed E-state index contributed by atoms with van der Waals surface area (Å²) in [5, 5.41) is 0. The van der Waals surface area contributed by atoms with E-state index in [0.717, 1.165) is 5.69 Å². The van der Waals surface area contributed by atoms with Crippen LogP contribution in [0.1, 0.15) is 13.8 Å². The quantitative estimate of drug-likeness (QED) is 0.886. The Kier molecular flexibility index (Phi) is 4.11. The number of carbonyl (C=O) groups excluding carboxylic acids is 1. The molecule has 0 aliphatic carbocycles. The molecule has 1 aromatic rings. The highest BCUT2D eigenvalue weighted by molar-refractivity contribution is 7.92. The van der Waals surface area contributed by atoms with Crippen LogP contribution in [0.2, 0.25) is 0 Å². The van der Waals surface area contributed by atoms with Crippen molar-refractivity contribution < 1.29 is 13.2 Å². The molecule has 1 amide bonds. The third-order valence-electron chi connectivity index (χ3n) is 2.38. The lowest BCUT2D eigenvalue weighted by atomic mass is 10.2. The van der Waals surface area contributed by atoms with Crippen LogP contribution in [0.3, 0.4) is 0 Å². The van der Waals surface area contributed by atoms with E-state index in [2.05, 4.69) is 4.72 Å². The summed E-state index contributed by atoms with van der Waals surface area (Å²) in [6.45, 7) is 3.04. The second kappa shape index (κ2) is 5.18. The Morgan fingerprint density at radius 3 is 2.24 bits per heavy atom. The predicted octanol–water partition coefficient (Wildman–Crippen LogP) is 1.43. The minimum absolute atomic E-state index is 0.0299. The van der Waals surface area contributed by atoms with E-state index in [1.165, 1.54) is 11.8 Å². The van der Waals surface area contributed by atoms with Gasteiger partial charge >= 0.3 is 0 Å². The number of benzene rings is 1. The molecule has 0 spiro atoms. The minimum Gasteiger partial charge on any atom is -0.316 e. The molecule has 17 heavy (non-hydrogen) atoms. The van der Waals surface area contributed by atoms with Crippen LogP contribution in [0, 0.1) is 0 Å². The van der Waals surface area contributed by atoms with E-state index >= 15 is 0 Å². The van der Waals surface area contributed by atoms with Crippen LogP contribution in [0.4, 0.5) is 11.4 Å². The van der Waals surface area contributed by atoms with Gasteiger partial charge in [-0.05, 0) is 31.2 Å². The Morgan fingerprint density at radius 1 is 1.29 bits per heavy atom. The molecule has 1 aromatic carbocycles. The first-order valence-electron chi connectivity index (χ1n) is 5.20. The molecule has 0 unspecified atom stereocenters. The Balaban J connectivity index is 2.86. The van der Waals surface area contributed by atoms with Crippen molar-refractivity contribution in [1.29, 1.82) is 0 Å². The predicted molar refractivity (Wildman–Crippen MR) is 68.6 cm³/mol. The first-order valence-corrected chi connectivity index (χ1v) is 6.86. The fraction of sp³-hybridized carbons (Fsp3) is 0.364. The molecule has 0 heterocycles. The summed E-state index contributed by atoms with van der Waals surface area (Å²) in [4.78, 5) is 12.6. The lowest BCUT2D eigenvalue weighted by molar-refractivity contribution is -0.116. The van der Waals surface area contributed by atoms with Gasteiger partial charge < -0.3 is 4.90 Å². The van der Waals surface area contributed by atoms with Gasteiger partial charge in [0.05, 0.1) is 5.75 Å². The molecule has 0 atom stereocenters. The number of anilines is 2. The molecular formula is C11H16N2O3S. The molecule has 1 rings (SSSR count). The summed E-state index contributed by atoms with van der Waals surface area (Å²) >= 11 is 0. The monoisotopic (exact) mass is 256 g/mol. The summed E-state index contributed by atoms with van der Waals surface area (Å²) < 4.78 is 25.1. The zero-order valence-corrected chi connectivity index (χ0v) is 10.9. The minimum atomic E-state index is -3.25. The maximum Gasteiger partial charge on any atom is 0.232 e. The highest BCUT2D eigenvalue weighted by Gasteiger charge is 2.08. The van der Waals surface area contributed by atoms with E-state index in [-0.39, 0.29) is 11.7 Å². The molecule has 0 radical (unpaired) electrons. The van der Waals surface area contributed by atoms with Gasteiger partial charge in [0.25, 0.3) is 0 Å². The molecule has 94 valence electrons. The van der Waals surface area contributed by atoms with Gasteiger partial charge in [-0.2, -0.15) is 0 Å². The van der Waals surface area contributed by atoms with Gasteiger partial charge in [0.2, 0.25) is 15.9 Å². The molecule has 0 saturated carbocycles. The maximum atomic E-state index is 11.3. The van der Waals surface area contributed by atoms with Crippen LogP contribution in [0.5, 0.6) is 0 Å². The fourth-order valence-electron chi connectivity index (χ4n) is 1.19. The van der Waals surface area contributed by atoms with Crippen LogP contribution in [-0.2, 0) is 14.8 Å². The molecule has 0 aromatic heterocycles. The first-order chi connectivity index (χ1) is 7.85. The highest BCUT2D eigenvalue weighted by Crippen LogP contribution is 2.17. The number of nitrogens with zero attached hydrogens (tertiary/aromatic N) is 1. The Hall–Kier alpha value is -1.56. The zero-order chi connectivity index (χ0) is 13.1. The van der Waals surface area contributed by atoms with Gasteiger partial charge in [0.15, 0.2) is 0 Å². The molecule has 0 aliphatic heterocycles. The normalized spacial score (nSPS) is 11.0. The molecule has 0 aliphatic rings. The number of hydrogen-bond donors (Lipinski definition) is 1. The topological polar surface area (TPSA) is 66.5 Å². The van der Waals surface area contributed by atoms with E-state index in [1.807, 2.05) is 0 Å². The standard InChI is InChI=1S/C11H16N2O3S/c1-4-17(15,16)12-10-5-7-11(8-6-10)13(3)9(2)14/h5-8,12H,4H2,1-3H3. The van der Waals surface area contributed by atoms with Crippen LogP contribution in [0.25, 0.3) is 0 Å². The van der Waals surface area contributed by atoms with E-state index in [0.29, 0.717) is 5.69 Å². The average Bonchev–Trinajstić information content (AvgIpc) is 2.28. The van der Waals surface area contributed by atoms with Crippen molar-refractivity contribution in [3.63, 3.8) is 0 Å². The summed E-state index contributed by atoms with van der Waals surface area (Å²) in [6.07, 6.45) is 0. The SMILES string of the molecule is CCS(=O)(=O)Nc1ccc(N(C)C(C)=O)cc1. The highest BCUT2D eigenvalue weighted by atomic mass is 32.2. The molecule has 1 N–H and O–H groups in total. The number of sulfonamides is 1. The molecule has 6 heteroatoms. The number of amides is 1. The third kappa shape index (κ3) is 3.74. The van der Waals surface area contributed by atoms with E-state index in [1.54, 1.807) is 38.2 Å². The summed E-state index contributed by atoms with van der Waals surface area (Å²) in [7, 11) is -1.59. The van der Waals surface area contributed by atoms with Crippen LogP contribution in [0.15, 0.2) is 24.3 Å². The summed E-state index contributed by atoms with van der Waals surface area (Å²) in [6, 6.07) is 6.63. The van der Waals surface area contributed by atoms with Crippen molar-refractivity contribution in [3.05, 3.63) is 24.3 Å². The van der Waals surface area contributed by atoms with Crippen LogP contribution in [-0.4, -0.2) is 27.1 Å². The van der Waals surface area contributed by atoms with Crippen molar-refractivity contribution in [1.82, 2.24) is 0 Å². The lowest BCUT2D eigenvalue weighted by Gasteiger charge is -2.15. The van der Waals surface area contributed by atoms with E-state index in [4.69, 9.17) is 0 Å². The zero-order valence-electron chi connectivity index (χ0n) is 10.1. The Morgan fingerprint density at radius 2 is 1.82 bits per heavy atom. The van der Waals surface area contributed by atoms with Crippen molar-refractivity contribution in [2.45, 2.75) is 13.8 Å². The molecule has 0 fully saturated rings. The summed E-state index contributed by atoms with van der Waals surface area (Å²) in [5.74, 6) is -0.0471. The average molecular weight is 256 g/mol. The van der Waals surface area contributed by atoms with Crippen LogP contribution < -0.4 is 9.62 Å². The second-order valence-electron chi connectivity index (χ2n) is 3.63. The van der Waals surface area contributed by atoms with Crippen molar-refractivity contribution in [2.24, 2.45) is 0 Å². The van der Waals surface area contributed by atoms with Crippen LogP contribution >= 0.6 is 0 Å².